The van der Waals surface area contributed by atoms with Gasteiger partial charge in [0.2, 0.25) is 5.91 Å². The van der Waals surface area contributed by atoms with Crippen molar-refractivity contribution < 1.29 is 24.2 Å². The fourth-order valence-electron chi connectivity index (χ4n) is 6.83. The average Bonchev–Trinajstić information content (AvgIpc) is 3.14. The topological polar surface area (TPSA) is 119 Å². The first kappa shape index (κ1) is 50.9. The van der Waals surface area contributed by atoms with Crippen LogP contribution in [-0.2, 0) is 19.1 Å². The third kappa shape index (κ3) is 37.9. The smallest absolute Gasteiger partial charge is 0.326 e. The average molecular weight is 747 g/mol. The lowest BCUT2D eigenvalue weighted by Gasteiger charge is -2.18. The highest BCUT2D eigenvalue weighted by molar-refractivity contribution is 5.83. The number of allylic oxidation sites excluding steroid dienone is 4. The van der Waals surface area contributed by atoms with E-state index in [9.17, 15) is 19.5 Å². The number of unbranched alkanes of at least 4 members (excludes halogenated alkanes) is 23. The monoisotopic (exact) mass is 747 g/mol. The van der Waals surface area contributed by atoms with Gasteiger partial charge in [0, 0.05) is 12.8 Å². The highest BCUT2D eigenvalue weighted by Crippen LogP contribution is 2.19. The lowest BCUT2D eigenvalue weighted by molar-refractivity contribution is -0.150. The van der Waals surface area contributed by atoms with Crippen LogP contribution in [0.4, 0.5) is 0 Å². The van der Waals surface area contributed by atoms with E-state index in [1.807, 2.05) is 0 Å². The molecule has 310 valence electrons. The molecule has 0 fully saturated rings. The van der Waals surface area contributed by atoms with Gasteiger partial charge < -0.3 is 20.9 Å². The van der Waals surface area contributed by atoms with E-state index in [1.54, 1.807) is 0 Å². The molecule has 2 atom stereocenters. The van der Waals surface area contributed by atoms with E-state index in [2.05, 4.69) is 43.5 Å². The number of rotatable bonds is 41. The molecule has 0 saturated carbocycles. The summed E-state index contributed by atoms with van der Waals surface area (Å²) in [6.45, 7) is 4.92. The van der Waals surface area contributed by atoms with E-state index in [1.165, 1.54) is 122 Å². The Bertz CT molecular complexity index is 889. The highest BCUT2D eigenvalue weighted by atomic mass is 16.5. The number of carbonyl (C=O) groups is 3. The Hall–Kier alpha value is -2.15. The maximum atomic E-state index is 12.7. The van der Waals surface area contributed by atoms with Crippen LogP contribution >= 0.6 is 0 Å². The largest absolute Gasteiger partial charge is 0.480 e. The molecule has 0 saturated heterocycles. The summed E-state index contributed by atoms with van der Waals surface area (Å²) in [5.41, 5.74) is 5.48. The predicted molar refractivity (Wildman–Crippen MR) is 225 cm³/mol. The van der Waals surface area contributed by atoms with Crippen molar-refractivity contribution >= 4 is 17.8 Å². The second-order valence-electron chi connectivity index (χ2n) is 15.5. The van der Waals surface area contributed by atoms with E-state index in [0.29, 0.717) is 32.2 Å². The Morgan fingerprint density at radius 1 is 0.547 bits per heavy atom. The van der Waals surface area contributed by atoms with Gasteiger partial charge in [0.05, 0.1) is 0 Å². The van der Waals surface area contributed by atoms with Crippen LogP contribution in [0, 0.1) is 0 Å². The maximum absolute atomic E-state index is 12.7. The molecule has 1 amide bonds. The van der Waals surface area contributed by atoms with Crippen molar-refractivity contribution in [3.63, 3.8) is 0 Å². The van der Waals surface area contributed by atoms with Crippen LogP contribution in [0.25, 0.3) is 0 Å². The third-order valence-electron chi connectivity index (χ3n) is 10.3. The first-order valence-corrected chi connectivity index (χ1v) is 22.7. The molecule has 7 nitrogen and oxygen atoms in total. The molecule has 0 aromatic rings. The Kier molecular flexibility index (Phi) is 39.4. The van der Waals surface area contributed by atoms with E-state index < -0.39 is 12.0 Å². The number of hydrogen-bond acceptors (Lipinski definition) is 5. The predicted octanol–water partition coefficient (Wildman–Crippen LogP) is 12.8. The Morgan fingerprint density at radius 2 is 0.981 bits per heavy atom. The highest BCUT2D eigenvalue weighted by Gasteiger charge is 2.19. The van der Waals surface area contributed by atoms with E-state index in [-0.39, 0.29) is 18.0 Å². The van der Waals surface area contributed by atoms with Crippen LogP contribution in [0.3, 0.4) is 0 Å². The van der Waals surface area contributed by atoms with Gasteiger partial charge >= 0.3 is 11.9 Å². The molecule has 0 spiro atoms. The van der Waals surface area contributed by atoms with Gasteiger partial charge in [-0.05, 0) is 90.0 Å². The zero-order valence-corrected chi connectivity index (χ0v) is 34.9. The Labute approximate surface area is 327 Å². The molecule has 0 radical (unpaired) electrons. The zero-order valence-electron chi connectivity index (χ0n) is 34.9. The first-order chi connectivity index (χ1) is 25.9. The fraction of sp³-hybridized carbons (Fsp3) is 0.848. The van der Waals surface area contributed by atoms with Gasteiger partial charge in [-0.3, -0.25) is 9.59 Å². The second kappa shape index (κ2) is 41.0. The molecule has 0 aliphatic rings. The minimum atomic E-state index is -1.00. The van der Waals surface area contributed by atoms with Gasteiger partial charge in [-0.1, -0.05) is 160 Å². The van der Waals surface area contributed by atoms with E-state index in [0.717, 1.165) is 70.6 Å². The number of carboxylic acids is 1. The number of amides is 1. The minimum Gasteiger partial charge on any atom is -0.480 e. The number of nitrogens with one attached hydrogen (secondary N) is 1. The summed E-state index contributed by atoms with van der Waals surface area (Å²) in [6.07, 6.45) is 46.7. The fourth-order valence-corrected chi connectivity index (χ4v) is 6.83. The Morgan fingerprint density at radius 3 is 1.45 bits per heavy atom. The van der Waals surface area contributed by atoms with Crippen LogP contribution in [-0.4, -0.2) is 41.6 Å². The summed E-state index contributed by atoms with van der Waals surface area (Å²) in [6, 6.07) is -0.854. The molecule has 0 aromatic carbocycles. The molecule has 2 unspecified atom stereocenters. The second-order valence-corrected chi connectivity index (χ2v) is 15.5. The number of aliphatic carboxylic acids is 1. The summed E-state index contributed by atoms with van der Waals surface area (Å²) in [4.78, 5) is 36.3. The summed E-state index contributed by atoms with van der Waals surface area (Å²) in [7, 11) is 0. The molecule has 53 heavy (non-hydrogen) atoms. The van der Waals surface area contributed by atoms with Crippen molar-refractivity contribution in [1.29, 1.82) is 0 Å². The number of ether oxygens (including phenoxy) is 1. The quantitative estimate of drug-likeness (QED) is 0.0325. The number of carboxylic acid groups (broad SMARTS) is 1. The van der Waals surface area contributed by atoms with Crippen molar-refractivity contribution in [1.82, 2.24) is 5.32 Å². The van der Waals surface area contributed by atoms with Crippen LogP contribution < -0.4 is 11.1 Å². The normalized spacial score (nSPS) is 12.8. The molecule has 0 aliphatic carbocycles. The van der Waals surface area contributed by atoms with Crippen molar-refractivity contribution in [2.75, 3.05) is 6.54 Å². The molecule has 7 heteroatoms. The van der Waals surface area contributed by atoms with Gasteiger partial charge in [-0.15, -0.1) is 0 Å². The summed E-state index contributed by atoms with van der Waals surface area (Å²) in [5, 5.41) is 11.9. The molecule has 0 aromatic heterocycles. The lowest BCUT2D eigenvalue weighted by Crippen LogP contribution is -2.40. The number of esters is 1. The van der Waals surface area contributed by atoms with Gasteiger partial charge in [0.25, 0.3) is 0 Å². The van der Waals surface area contributed by atoms with Crippen molar-refractivity contribution in [3.05, 3.63) is 24.3 Å². The van der Waals surface area contributed by atoms with Crippen LogP contribution in [0.2, 0.25) is 0 Å². The SMILES string of the molecule is CCCCCCC/C=C\C/C=C\CCCCCCCCCCCC(=O)OC(CCCCCCCC)CCCCCCCC(=O)NC(CCCN)C(=O)O. The maximum Gasteiger partial charge on any atom is 0.326 e. The molecule has 0 bridgehead atoms. The van der Waals surface area contributed by atoms with Gasteiger partial charge in [0.15, 0.2) is 0 Å². The standard InChI is InChI=1S/C46H86N2O5/c1-3-5-7-9-11-12-13-14-15-16-17-18-19-20-21-22-23-24-25-30-34-40-45(50)53-42(36-31-27-10-8-6-4-2)37-32-28-26-29-33-39-44(49)48-43(46(51)52)38-35-41-47/h13-14,16-17,42-43H,3-12,15,18-41,47H2,1-2H3,(H,48,49)(H,51,52)/b14-13-,17-16-. The van der Waals surface area contributed by atoms with E-state index in [4.69, 9.17) is 10.5 Å². The molecule has 4 N–H and O–H groups in total. The molecule has 0 heterocycles. The first-order valence-electron chi connectivity index (χ1n) is 22.7. The third-order valence-corrected chi connectivity index (χ3v) is 10.3. The van der Waals surface area contributed by atoms with Crippen LogP contribution in [0.15, 0.2) is 24.3 Å². The van der Waals surface area contributed by atoms with Crippen LogP contribution in [0.5, 0.6) is 0 Å². The van der Waals surface area contributed by atoms with Crippen molar-refractivity contribution in [2.45, 2.75) is 244 Å². The summed E-state index contributed by atoms with van der Waals surface area (Å²) < 4.78 is 6.01. The summed E-state index contributed by atoms with van der Waals surface area (Å²) in [5.74, 6) is -1.23. The molecule has 0 rings (SSSR count). The van der Waals surface area contributed by atoms with E-state index >= 15 is 0 Å². The minimum absolute atomic E-state index is 0.0168. The van der Waals surface area contributed by atoms with Crippen LogP contribution in [0.1, 0.15) is 232 Å². The van der Waals surface area contributed by atoms with Crippen molar-refractivity contribution in [3.8, 4) is 0 Å². The molecular weight excluding hydrogens is 661 g/mol. The number of nitrogens with two attached hydrogens (primary N) is 1. The number of carbonyl (C=O) groups excluding carboxylic acids is 2. The Balaban J connectivity index is 4.03. The summed E-state index contributed by atoms with van der Waals surface area (Å²) >= 11 is 0. The molecular formula is C46H86N2O5. The van der Waals surface area contributed by atoms with Gasteiger partial charge in [-0.25, -0.2) is 4.79 Å². The number of hydrogen-bond donors (Lipinski definition) is 3. The molecule has 0 aliphatic heterocycles. The van der Waals surface area contributed by atoms with Gasteiger partial charge in [0.1, 0.15) is 12.1 Å². The zero-order chi connectivity index (χ0) is 38.9. The van der Waals surface area contributed by atoms with Gasteiger partial charge in [-0.2, -0.15) is 0 Å². The lowest BCUT2D eigenvalue weighted by atomic mass is 10.0. The van der Waals surface area contributed by atoms with Crippen molar-refractivity contribution in [2.24, 2.45) is 5.73 Å².